The van der Waals surface area contributed by atoms with Crippen LogP contribution in [0.2, 0.25) is 12.1 Å². The molecule has 4 heteroatoms. The summed E-state index contributed by atoms with van der Waals surface area (Å²) < 4.78 is 11.9. The van der Waals surface area contributed by atoms with Crippen LogP contribution in [0, 0.1) is 0 Å². The smallest absolute Gasteiger partial charge is 0.161 e. The van der Waals surface area contributed by atoms with Crippen molar-refractivity contribution < 1.29 is 8.85 Å². The highest BCUT2D eigenvalue weighted by atomic mass is 28.2. The van der Waals surface area contributed by atoms with Crippen LogP contribution in [0.15, 0.2) is 0 Å². The van der Waals surface area contributed by atoms with Crippen LogP contribution < -0.4 is 0 Å². The van der Waals surface area contributed by atoms with Gasteiger partial charge in [0.25, 0.3) is 0 Å². The van der Waals surface area contributed by atoms with Gasteiger partial charge in [0.15, 0.2) is 19.5 Å². The summed E-state index contributed by atoms with van der Waals surface area (Å²) in [5, 5.41) is 0. The van der Waals surface area contributed by atoms with Crippen LogP contribution in [0.1, 0.15) is 66.2 Å². The fourth-order valence-electron chi connectivity index (χ4n) is 2.11. The molecule has 0 aliphatic carbocycles. The quantitative estimate of drug-likeness (QED) is 0.383. The molecule has 18 heavy (non-hydrogen) atoms. The van der Waals surface area contributed by atoms with Gasteiger partial charge in [-0.2, -0.15) is 0 Å². The first kappa shape index (κ1) is 18.4. The van der Waals surface area contributed by atoms with Crippen molar-refractivity contribution in [2.45, 2.75) is 90.5 Å². The Kier molecular flexibility index (Phi) is 14.0. The van der Waals surface area contributed by atoms with E-state index in [4.69, 9.17) is 8.85 Å². The van der Waals surface area contributed by atoms with E-state index in [-0.39, 0.29) is 19.5 Å². The molecule has 0 N–H and O–H groups in total. The van der Waals surface area contributed by atoms with Crippen LogP contribution in [0.25, 0.3) is 0 Å². The van der Waals surface area contributed by atoms with Crippen molar-refractivity contribution in [1.29, 1.82) is 0 Å². The Morgan fingerprint density at radius 2 is 1.00 bits per heavy atom. The molecule has 0 amide bonds. The lowest BCUT2D eigenvalue weighted by atomic mass is 10.2. The maximum Gasteiger partial charge on any atom is 0.161 e. The van der Waals surface area contributed by atoms with E-state index in [0.717, 1.165) is 0 Å². The minimum atomic E-state index is -0.242. The summed E-state index contributed by atoms with van der Waals surface area (Å²) in [5.41, 5.74) is 0. The van der Waals surface area contributed by atoms with Gasteiger partial charge in [0.1, 0.15) is 0 Å². The number of rotatable bonds is 13. The zero-order valence-electron chi connectivity index (χ0n) is 13.0. The predicted octanol–water partition coefficient (Wildman–Crippen LogP) is 3.18. The van der Waals surface area contributed by atoms with E-state index in [0.29, 0.717) is 12.2 Å². The Labute approximate surface area is 119 Å². The summed E-state index contributed by atoms with van der Waals surface area (Å²) in [6, 6.07) is 2.71. The summed E-state index contributed by atoms with van der Waals surface area (Å²) in [6.07, 6.45) is 8.55. The first-order valence-corrected chi connectivity index (χ1v) is 11.2. The second kappa shape index (κ2) is 13.8. The molecule has 0 aliphatic rings. The monoisotopic (exact) mass is 290 g/mol. The van der Waals surface area contributed by atoms with Gasteiger partial charge in [-0.25, -0.2) is 0 Å². The average Bonchev–Trinajstić information content (AvgIpc) is 2.41. The van der Waals surface area contributed by atoms with Crippen molar-refractivity contribution in [2.75, 3.05) is 0 Å². The third-order valence-electron chi connectivity index (χ3n) is 3.57. The molecule has 0 saturated heterocycles. The molecule has 0 rings (SSSR count). The molecular formula is C14H34O2Si2. The van der Waals surface area contributed by atoms with E-state index in [1.54, 1.807) is 0 Å². The minimum absolute atomic E-state index is 0.242. The Hall–Kier alpha value is 0.354. The normalized spacial score (nSPS) is 13.0. The maximum atomic E-state index is 5.94. The first-order chi connectivity index (χ1) is 8.78. The first-order valence-electron chi connectivity index (χ1n) is 8.01. The van der Waals surface area contributed by atoms with E-state index in [2.05, 4.69) is 27.7 Å². The third-order valence-corrected chi connectivity index (χ3v) is 6.56. The topological polar surface area (TPSA) is 18.5 Å². The van der Waals surface area contributed by atoms with E-state index < -0.39 is 0 Å². The van der Waals surface area contributed by atoms with Crippen LogP contribution in [0.3, 0.4) is 0 Å². The molecule has 0 radical (unpaired) electrons. The van der Waals surface area contributed by atoms with Gasteiger partial charge in [-0.1, -0.05) is 40.5 Å². The number of hydrogen-bond acceptors (Lipinski definition) is 2. The zero-order valence-corrected chi connectivity index (χ0v) is 15.9. The van der Waals surface area contributed by atoms with Gasteiger partial charge in [0.05, 0.1) is 0 Å². The molecule has 0 aliphatic heterocycles. The van der Waals surface area contributed by atoms with E-state index in [1.807, 2.05) is 0 Å². The van der Waals surface area contributed by atoms with Crippen molar-refractivity contribution in [3.63, 3.8) is 0 Å². The molecule has 0 aromatic rings. The van der Waals surface area contributed by atoms with E-state index >= 15 is 0 Å². The van der Waals surface area contributed by atoms with Crippen LogP contribution in [-0.2, 0) is 8.85 Å². The third kappa shape index (κ3) is 10.3. The van der Waals surface area contributed by atoms with Crippen molar-refractivity contribution in [2.24, 2.45) is 0 Å². The zero-order chi connectivity index (χ0) is 13.6. The molecule has 0 atom stereocenters. The molecule has 0 aromatic carbocycles. The Balaban J connectivity index is 3.21. The van der Waals surface area contributed by atoms with Crippen molar-refractivity contribution >= 4 is 19.5 Å². The van der Waals surface area contributed by atoms with Gasteiger partial charge >= 0.3 is 0 Å². The Morgan fingerprint density at radius 1 is 0.667 bits per heavy atom. The SMILES string of the molecule is CCC(CC)O[SiH2]CCCC[SiH2]OC(CC)CC. The standard InChI is InChI=1S/C14H34O2Si2/c1-5-13(6-2)15-17-11-9-10-12-18-16-14(7-3)8-4/h13-14H,5-12,17-18H2,1-4H3. The Morgan fingerprint density at radius 3 is 1.28 bits per heavy atom. The highest BCUT2D eigenvalue weighted by Gasteiger charge is 2.03. The molecule has 0 aromatic heterocycles. The lowest BCUT2D eigenvalue weighted by Crippen LogP contribution is -2.14. The molecule has 0 saturated carbocycles. The van der Waals surface area contributed by atoms with Gasteiger partial charge < -0.3 is 8.85 Å². The summed E-state index contributed by atoms with van der Waals surface area (Å²) in [5.74, 6) is 0. The molecule has 0 unspecified atom stereocenters. The van der Waals surface area contributed by atoms with Gasteiger partial charge in [-0.3, -0.25) is 0 Å². The molecule has 0 spiro atoms. The highest BCUT2D eigenvalue weighted by Crippen LogP contribution is 2.07. The van der Waals surface area contributed by atoms with Crippen molar-refractivity contribution in [1.82, 2.24) is 0 Å². The molecule has 0 fully saturated rings. The van der Waals surface area contributed by atoms with E-state index in [9.17, 15) is 0 Å². The second-order valence-electron chi connectivity index (χ2n) is 5.03. The molecule has 0 bridgehead atoms. The summed E-state index contributed by atoms with van der Waals surface area (Å²) in [7, 11) is -0.484. The lowest BCUT2D eigenvalue weighted by Gasteiger charge is -2.14. The van der Waals surface area contributed by atoms with Gasteiger partial charge in [-0.05, 0) is 37.8 Å². The number of unbranched alkanes of at least 4 members (excludes halogenated alkanes) is 1. The Bertz CT molecular complexity index is 142. The largest absolute Gasteiger partial charge is 0.421 e. The van der Waals surface area contributed by atoms with Crippen LogP contribution in [0.5, 0.6) is 0 Å². The van der Waals surface area contributed by atoms with Crippen molar-refractivity contribution in [3.05, 3.63) is 0 Å². The number of hydrogen-bond donors (Lipinski definition) is 0. The fourth-order valence-corrected chi connectivity index (χ4v) is 5.16. The molecular weight excluding hydrogens is 256 g/mol. The highest BCUT2D eigenvalue weighted by molar-refractivity contribution is 6.27. The van der Waals surface area contributed by atoms with Gasteiger partial charge in [0.2, 0.25) is 0 Å². The molecule has 2 nitrogen and oxygen atoms in total. The fraction of sp³-hybridized carbons (Fsp3) is 1.00. The van der Waals surface area contributed by atoms with Gasteiger partial charge in [-0.15, -0.1) is 0 Å². The molecule has 0 heterocycles. The van der Waals surface area contributed by atoms with Crippen LogP contribution in [-0.4, -0.2) is 31.7 Å². The van der Waals surface area contributed by atoms with Crippen LogP contribution in [0.4, 0.5) is 0 Å². The van der Waals surface area contributed by atoms with Gasteiger partial charge in [0, 0.05) is 12.2 Å². The minimum Gasteiger partial charge on any atom is -0.421 e. The summed E-state index contributed by atoms with van der Waals surface area (Å²) in [6.45, 7) is 8.90. The summed E-state index contributed by atoms with van der Waals surface area (Å²) in [4.78, 5) is 0. The van der Waals surface area contributed by atoms with Crippen molar-refractivity contribution in [3.8, 4) is 0 Å². The predicted molar refractivity (Wildman–Crippen MR) is 86.8 cm³/mol. The molecule has 110 valence electrons. The van der Waals surface area contributed by atoms with Crippen LogP contribution >= 0.6 is 0 Å². The average molecular weight is 291 g/mol. The second-order valence-corrected chi connectivity index (χ2v) is 7.93. The maximum absolute atomic E-state index is 5.94. The summed E-state index contributed by atoms with van der Waals surface area (Å²) >= 11 is 0. The lowest BCUT2D eigenvalue weighted by molar-refractivity contribution is 0.200. The van der Waals surface area contributed by atoms with E-state index in [1.165, 1.54) is 50.6 Å².